The van der Waals surface area contributed by atoms with Crippen molar-refractivity contribution in [3.05, 3.63) is 40.8 Å². The molecule has 1 N–H and O–H groups in total. The smallest absolute Gasteiger partial charge is 0.317 e. The lowest BCUT2D eigenvalue weighted by Crippen LogP contribution is -2.55. The molecule has 10 heteroatoms. The van der Waals surface area contributed by atoms with Crippen LogP contribution in [0.25, 0.3) is 16.7 Å². The van der Waals surface area contributed by atoms with Crippen LogP contribution in [-0.2, 0) is 11.3 Å². The van der Waals surface area contributed by atoms with Crippen LogP contribution in [0.15, 0.2) is 24.3 Å². The number of anilines is 1. The Balaban J connectivity index is 1.69. The number of nitrogens with zero attached hydrogens (tertiary/aromatic N) is 6. The molecule has 0 atom stereocenters. The third-order valence-corrected chi connectivity index (χ3v) is 5.64. The zero-order valence-electron chi connectivity index (χ0n) is 19.7. The van der Waals surface area contributed by atoms with Gasteiger partial charge in [0.2, 0.25) is 0 Å². The summed E-state index contributed by atoms with van der Waals surface area (Å²) < 4.78 is 7.13. The van der Waals surface area contributed by atoms with E-state index in [9.17, 15) is 4.79 Å². The van der Waals surface area contributed by atoms with E-state index in [2.05, 4.69) is 10.2 Å². The number of fused-ring (bicyclic) bond motifs is 1. The van der Waals surface area contributed by atoms with Gasteiger partial charge in [-0.2, -0.15) is 5.10 Å². The fourth-order valence-electron chi connectivity index (χ4n) is 3.94. The van der Waals surface area contributed by atoms with Crippen molar-refractivity contribution in [2.45, 2.75) is 39.8 Å². The van der Waals surface area contributed by atoms with Crippen LogP contribution >= 0.6 is 11.6 Å². The van der Waals surface area contributed by atoms with Crippen LogP contribution in [0.4, 0.5) is 10.6 Å². The molecule has 1 aromatic carbocycles. The molecule has 2 aromatic heterocycles. The second kappa shape index (κ2) is 9.15. The number of ether oxygens (including phenoxy) is 1. The van der Waals surface area contributed by atoms with Crippen LogP contribution < -0.4 is 10.2 Å². The number of nitrogens with one attached hydrogen (secondary N) is 1. The van der Waals surface area contributed by atoms with E-state index in [0.717, 1.165) is 22.6 Å². The molecule has 0 radical (unpaired) electrons. The van der Waals surface area contributed by atoms with Gasteiger partial charge in [-0.1, -0.05) is 17.7 Å². The third-order valence-electron chi connectivity index (χ3n) is 5.40. The Morgan fingerprint density at radius 1 is 1.18 bits per heavy atom. The molecule has 1 aliphatic rings. The molecular weight excluding hydrogens is 442 g/mol. The summed E-state index contributed by atoms with van der Waals surface area (Å²) in [7, 11) is 1.62. The Bertz CT molecular complexity index is 1160. The summed E-state index contributed by atoms with van der Waals surface area (Å²) in [4.78, 5) is 26.2. The lowest BCUT2D eigenvalue weighted by Gasteiger charge is -2.37. The average molecular weight is 472 g/mol. The number of urea groups is 1. The normalized spacial score (nSPS) is 14.7. The fourth-order valence-corrected chi connectivity index (χ4v) is 4.12. The standard InChI is InChI=1S/C23H30ClN7O2/c1-15-19-20(29-9-11-30(12-10-29)22(32)27-23(2,3)4)25-18(14-33-5)26-21(19)31(28-15)17-8-6-7-16(24)13-17/h6-8,13H,9-12,14H2,1-5H3,(H,27,32). The minimum absolute atomic E-state index is 0.0417. The van der Waals surface area contributed by atoms with Crippen molar-refractivity contribution in [1.29, 1.82) is 0 Å². The van der Waals surface area contributed by atoms with Crippen molar-refractivity contribution in [3.8, 4) is 5.69 Å². The van der Waals surface area contributed by atoms with Crippen LogP contribution in [0.1, 0.15) is 32.3 Å². The molecule has 0 spiro atoms. The number of carbonyl (C=O) groups excluding carboxylic acids is 1. The Kier molecular flexibility index (Phi) is 6.45. The van der Waals surface area contributed by atoms with E-state index in [-0.39, 0.29) is 18.2 Å². The third kappa shape index (κ3) is 5.04. The Morgan fingerprint density at radius 2 is 1.91 bits per heavy atom. The van der Waals surface area contributed by atoms with Crippen molar-refractivity contribution in [3.63, 3.8) is 0 Å². The molecule has 2 amide bonds. The van der Waals surface area contributed by atoms with Crippen molar-refractivity contribution >= 4 is 34.5 Å². The fraction of sp³-hybridized carbons (Fsp3) is 0.478. The topological polar surface area (TPSA) is 88.4 Å². The van der Waals surface area contributed by atoms with E-state index in [1.165, 1.54) is 0 Å². The molecule has 33 heavy (non-hydrogen) atoms. The highest BCUT2D eigenvalue weighted by Gasteiger charge is 2.27. The van der Waals surface area contributed by atoms with Crippen LogP contribution in [0.3, 0.4) is 0 Å². The monoisotopic (exact) mass is 471 g/mol. The molecule has 1 aliphatic heterocycles. The first-order chi connectivity index (χ1) is 15.7. The zero-order chi connectivity index (χ0) is 23.8. The molecular formula is C23H30ClN7O2. The van der Waals surface area contributed by atoms with Gasteiger partial charge >= 0.3 is 6.03 Å². The van der Waals surface area contributed by atoms with Gasteiger partial charge in [0.1, 0.15) is 12.4 Å². The molecule has 1 fully saturated rings. The Morgan fingerprint density at radius 3 is 2.55 bits per heavy atom. The van der Waals surface area contributed by atoms with Crippen molar-refractivity contribution in [2.24, 2.45) is 0 Å². The van der Waals surface area contributed by atoms with Crippen LogP contribution in [-0.4, -0.2) is 69.5 Å². The summed E-state index contributed by atoms with van der Waals surface area (Å²) >= 11 is 6.23. The van der Waals surface area contributed by atoms with Crippen LogP contribution in [0.2, 0.25) is 5.02 Å². The van der Waals surface area contributed by atoms with Crippen LogP contribution in [0, 0.1) is 6.92 Å². The van der Waals surface area contributed by atoms with E-state index in [0.29, 0.717) is 42.7 Å². The number of aryl methyl sites for hydroxylation is 1. The van der Waals surface area contributed by atoms with Gasteiger partial charge in [0, 0.05) is 43.9 Å². The highest BCUT2D eigenvalue weighted by atomic mass is 35.5. The largest absolute Gasteiger partial charge is 0.377 e. The van der Waals surface area contributed by atoms with E-state index >= 15 is 0 Å². The number of halogens is 1. The van der Waals surface area contributed by atoms with Gasteiger partial charge in [-0.25, -0.2) is 19.4 Å². The van der Waals surface area contributed by atoms with E-state index < -0.39 is 0 Å². The molecule has 0 aliphatic carbocycles. The molecule has 3 aromatic rings. The quantitative estimate of drug-likeness (QED) is 0.626. The molecule has 0 bridgehead atoms. The molecule has 1 saturated heterocycles. The van der Waals surface area contributed by atoms with Gasteiger partial charge in [-0.05, 0) is 45.9 Å². The molecule has 9 nitrogen and oxygen atoms in total. The number of benzene rings is 1. The lowest BCUT2D eigenvalue weighted by atomic mass is 10.1. The zero-order valence-corrected chi connectivity index (χ0v) is 20.5. The van der Waals surface area contributed by atoms with E-state index in [1.54, 1.807) is 11.8 Å². The van der Waals surface area contributed by atoms with Gasteiger partial charge in [0.05, 0.1) is 16.8 Å². The van der Waals surface area contributed by atoms with E-state index in [1.807, 2.05) is 56.9 Å². The summed E-state index contributed by atoms with van der Waals surface area (Å²) in [5.74, 6) is 1.39. The first kappa shape index (κ1) is 23.3. The van der Waals surface area contributed by atoms with Crippen LogP contribution in [0.5, 0.6) is 0 Å². The number of carbonyl (C=O) groups is 1. The number of methoxy groups -OCH3 is 1. The number of rotatable bonds is 4. The number of hydrogen-bond acceptors (Lipinski definition) is 6. The molecule has 176 valence electrons. The maximum atomic E-state index is 12.6. The maximum Gasteiger partial charge on any atom is 0.317 e. The van der Waals surface area contributed by atoms with Gasteiger partial charge in [-0.3, -0.25) is 0 Å². The minimum Gasteiger partial charge on any atom is -0.377 e. The first-order valence-electron chi connectivity index (χ1n) is 11.0. The summed E-state index contributed by atoms with van der Waals surface area (Å²) in [5, 5.41) is 9.31. The highest BCUT2D eigenvalue weighted by Crippen LogP contribution is 2.30. The van der Waals surface area contributed by atoms with Gasteiger partial charge in [0.15, 0.2) is 11.5 Å². The molecule has 3 heterocycles. The van der Waals surface area contributed by atoms with Crippen molar-refractivity contribution in [1.82, 2.24) is 30.0 Å². The van der Waals surface area contributed by atoms with Gasteiger partial charge < -0.3 is 19.9 Å². The second-order valence-electron chi connectivity index (χ2n) is 9.23. The van der Waals surface area contributed by atoms with Gasteiger partial charge in [0.25, 0.3) is 0 Å². The Hall–Kier alpha value is -2.91. The SMILES string of the molecule is COCc1nc(N2CCN(C(=O)NC(C)(C)C)CC2)c2c(C)nn(-c3cccc(Cl)c3)c2n1. The predicted octanol–water partition coefficient (Wildman–Crippen LogP) is 3.55. The number of hydrogen-bond donors (Lipinski definition) is 1. The average Bonchev–Trinajstić information content (AvgIpc) is 3.09. The summed E-state index contributed by atoms with van der Waals surface area (Å²) in [5.41, 5.74) is 2.10. The van der Waals surface area contributed by atoms with Crippen molar-refractivity contribution < 1.29 is 9.53 Å². The number of aromatic nitrogens is 4. The van der Waals surface area contributed by atoms with Crippen molar-refractivity contribution in [2.75, 3.05) is 38.2 Å². The molecule has 4 rings (SSSR count). The van der Waals surface area contributed by atoms with Gasteiger partial charge in [-0.15, -0.1) is 0 Å². The summed E-state index contributed by atoms with van der Waals surface area (Å²) in [6, 6.07) is 7.48. The highest BCUT2D eigenvalue weighted by molar-refractivity contribution is 6.30. The molecule has 0 unspecified atom stereocenters. The minimum atomic E-state index is -0.270. The Labute approximate surface area is 198 Å². The lowest BCUT2D eigenvalue weighted by molar-refractivity contribution is 0.178. The molecule has 0 saturated carbocycles. The second-order valence-corrected chi connectivity index (χ2v) is 9.66. The summed E-state index contributed by atoms with van der Waals surface area (Å²) in [6.07, 6.45) is 0. The maximum absolute atomic E-state index is 12.6. The number of amides is 2. The number of piperazine rings is 1. The summed E-state index contributed by atoms with van der Waals surface area (Å²) in [6.45, 7) is 10.7. The van der Waals surface area contributed by atoms with E-state index in [4.69, 9.17) is 31.4 Å². The predicted molar refractivity (Wildman–Crippen MR) is 129 cm³/mol. The first-order valence-corrected chi connectivity index (χ1v) is 11.4.